The fourth-order valence-electron chi connectivity index (χ4n) is 3.14. The number of nitrogens with one attached hydrogen (secondary N) is 1. The van der Waals surface area contributed by atoms with Crippen LogP contribution in [0.5, 0.6) is 5.75 Å². The van der Waals surface area contributed by atoms with Gasteiger partial charge in [-0.3, -0.25) is 9.69 Å². The topological polar surface area (TPSA) is 54.0 Å². The van der Waals surface area contributed by atoms with Gasteiger partial charge in [0.1, 0.15) is 5.75 Å². The summed E-state index contributed by atoms with van der Waals surface area (Å²) in [6, 6.07) is 17.8. The first-order valence-electron chi connectivity index (χ1n) is 9.80. The molecular weight excluding hydrogens is 354 g/mol. The normalized spacial score (nSPS) is 14.1. The van der Waals surface area contributed by atoms with Gasteiger partial charge < -0.3 is 19.7 Å². The third-order valence-electron chi connectivity index (χ3n) is 4.64. The summed E-state index contributed by atoms with van der Waals surface area (Å²) in [5.74, 6) is 0.869. The summed E-state index contributed by atoms with van der Waals surface area (Å²) in [5, 5.41) is 2.96. The molecule has 28 heavy (non-hydrogen) atoms. The van der Waals surface area contributed by atoms with Crippen molar-refractivity contribution in [3.8, 4) is 5.75 Å². The Kier molecular flexibility index (Phi) is 7.70. The maximum Gasteiger partial charge on any atom is 0.238 e. The average Bonchev–Trinajstić information content (AvgIpc) is 2.73. The number of ether oxygens (including phenoxy) is 2. The molecule has 2 aromatic carbocycles. The Bertz CT molecular complexity index is 716. The highest BCUT2D eigenvalue weighted by Gasteiger charge is 2.11. The largest absolute Gasteiger partial charge is 0.494 e. The van der Waals surface area contributed by atoms with Crippen LogP contribution in [-0.2, 0) is 9.53 Å². The molecule has 1 aliphatic rings. The number of hydrogen-bond donors (Lipinski definition) is 1. The van der Waals surface area contributed by atoms with Gasteiger partial charge in [0.15, 0.2) is 0 Å². The maximum absolute atomic E-state index is 12.3. The second-order valence-electron chi connectivity index (χ2n) is 6.95. The van der Waals surface area contributed by atoms with Crippen LogP contribution in [0.2, 0.25) is 0 Å². The number of para-hydroxylation sites is 1. The minimum absolute atomic E-state index is 0.00870. The van der Waals surface area contributed by atoms with E-state index in [1.54, 1.807) is 0 Å². The van der Waals surface area contributed by atoms with Crippen molar-refractivity contribution in [3.05, 3.63) is 54.6 Å². The molecule has 1 heterocycles. The van der Waals surface area contributed by atoms with Crippen LogP contribution in [0.4, 0.5) is 11.4 Å². The molecule has 6 nitrogen and oxygen atoms in total. The number of carbonyl (C=O) groups excluding carboxylic acids is 1. The van der Waals surface area contributed by atoms with Crippen LogP contribution in [0.3, 0.4) is 0 Å². The van der Waals surface area contributed by atoms with E-state index < -0.39 is 0 Å². The third kappa shape index (κ3) is 6.55. The molecule has 1 saturated heterocycles. The van der Waals surface area contributed by atoms with Crippen molar-refractivity contribution in [2.45, 2.75) is 6.42 Å². The molecule has 150 valence electrons. The van der Waals surface area contributed by atoms with E-state index in [0.29, 0.717) is 13.2 Å². The van der Waals surface area contributed by atoms with Gasteiger partial charge in [0, 0.05) is 31.0 Å². The lowest BCUT2D eigenvalue weighted by Gasteiger charge is -2.28. The number of benzene rings is 2. The molecule has 1 amide bonds. The van der Waals surface area contributed by atoms with E-state index >= 15 is 0 Å². The fourth-order valence-corrected chi connectivity index (χ4v) is 3.14. The number of nitrogens with zero attached hydrogens (tertiary/aromatic N) is 2. The third-order valence-corrected chi connectivity index (χ3v) is 4.64. The van der Waals surface area contributed by atoms with Gasteiger partial charge in [0.25, 0.3) is 0 Å². The summed E-state index contributed by atoms with van der Waals surface area (Å²) in [5.41, 5.74) is 1.99. The first-order valence-corrected chi connectivity index (χ1v) is 9.80. The van der Waals surface area contributed by atoms with E-state index in [2.05, 4.69) is 10.2 Å². The van der Waals surface area contributed by atoms with E-state index in [4.69, 9.17) is 9.47 Å². The summed E-state index contributed by atoms with van der Waals surface area (Å²) in [7, 11) is 1.95. The van der Waals surface area contributed by atoms with Crippen LogP contribution in [0.15, 0.2) is 54.6 Å². The lowest BCUT2D eigenvalue weighted by molar-refractivity contribution is -0.117. The summed E-state index contributed by atoms with van der Waals surface area (Å²) < 4.78 is 11.1. The lowest BCUT2D eigenvalue weighted by atomic mass is 10.2. The molecule has 0 saturated carbocycles. The summed E-state index contributed by atoms with van der Waals surface area (Å²) in [4.78, 5) is 16.6. The molecule has 0 aliphatic carbocycles. The number of hydrogen-bond acceptors (Lipinski definition) is 5. The van der Waals surface area contributed by atoms with Gasteiger partial charge in [0.05, 0.1) is 26.4 Å². The zero-order valence-electron chi connectivity index (χ0n) is 16.5. The Morgan fingerprint density at radius 2 is 1.82 bits per heavy atom. The molecule has 1 aliphatic heterocycles. The van der Waals surface area contributed by atoms with Crippen LogP contribution in [0.25, 0.3) is 0 Å². The van der Waals surface area contributed by atoms with Gasteiger partial charge in [-0.05, 0) is 49.9 Å². The SMILES string of the molecule is CN(CCCOc1ccccc1)CC(=O)Nc1ccc(N2CCOCC2)cc1. The molecular formula is C22H29N3O3. The smallest absolute Gasteiger partial charge is 0.238 e. The van der Waals surface area contributed by atoms with Gasteiger partial charge in [-0.15, -0.1) is 0 Å². The predicted octanol–water partition coefficient (Wildman–Crippen LogP) is 2.86. The van der Waals surface area contributed by atoms with E-state index in [-0.39, 0.29) is 5.91 Å². The number of rotatable bonds is 9. The van der Waals surface area contributed by atoms with Gasteiger partial charge >= 0.3 is 0 Å². The molecule has 1 N–H and O–H groups in total. The molecule has 1 fully saturated rings. The molecule has 0 unspecified atom stereocenters. The van der Waals surface area contributed by atoms with Crippen LogP contribution in [-0.4, -0.2) is 63.9 Å². The zero-order valence-corrected chi connectivity index (χ0v) is 16.5. The van der Waals surface area contributed by atoms with Gasteiger partial charge in [-0.25, -0.2) is 0 Å². The molecule has 0 atom stereocenters. The van der Waals surface area contributed by atoms with E-state index in [1.165, 1.54) is 0 Å². The maximum atomic E-state index is 12.3. The minimum Gasteiger partial charge on any atom is -0.494 e. The number of anilines is 2. The number of carbonyl (C=O) groups is 1. The second kappa shape index (κ2) is 10.7. The molecule has 0 aromatic heterocycles. The first-order chi connectivity index (χ1) is 13.7. The molecule has 0 spiro atoms. The monoisotopic (exact) mass is 383 g/mol. The highest BCUT2D eigenvalue weighted by atomic mass is 16.5. The molecule has 3 rings (SSSR count). The van der Waals surface area contributed by atoms with Crippen LogP contribution in [0.1, 0.15) is 6.42 Å². The van der Waals surface area contributed by atoms with Crippen LogP contribution in [0, 0.1) is 0 Å². The van der Waals surface area contributed by atoms with Crippen LogP contribution >= 0.6 is 0 Å². The van der Waals surface area contributed by atoms with Crippen molar-refractivity contribution in [1.82, 2.24) is 4.90 Å². The number of likely N-dealkylation sites (N-methyl/N-ethyl adjacent to an activating group) is 1. The molecule has 6 heteroatoms. The lowest BCUT2D eigenvalue weighted by Crippen LogP contribution is -2.36. The van der Waals surface area contributed by atoms with E-state index in [9.17, 15) is 4.79 Å². The van der Waals surface area contributed by atoms with Crippen molar-refractivity contribution in [2.24, 2.45) is 0 Å². The number of morpholine rings is 1. The van der Waals surface area contributed by atoms with E-state index in [0.717, 1.165) is 56.4 Å². The minimum atomic E-state index is -0.00870. The Labute approximate surface area is 167 Å². The van der Waals surface area contributed by atoms with E-state index in [1.807, 2.05) is 66.5 Å². The first kappa shape index (κ1) is 20.2. The van der Waals surface area contributed by atoms with Crippen molar-refractivity contribution >= 4 is 17.3 Å². The van der Waals surface area contributed by atoms with Gasteiger partial charge in [-0.2, -0.15) is 0 Å². The Balaban J connectivity index is 1.35. The molecule has 0 bridgehead atoms. The predicted molar refractivity (Wildman–Crippen MR) is 112 cm³/mol. The van der Waals surface area contributed by atoms with Gasteiger partial charge in [0.2, 0.25) is 5.91 Å². The zero-order chi connectivity index (χ0) is 19.6. The molecule has 2 aromatic rings. The Morgan fingerprint density at radius 3 is 2.54 bits per heavy atom. The van der Waals surface area contributed by atoms with Gasteiger partial charge in [-0.1, -0.05) is 18.2 Å². The highest BCUT2D eigenvalue weighted by Crippen LogP contribution is 2.19. The summed E-state index contributed by atoms with van der Waals surface area (Å²) in [6.45, 7) is 5.14. The summed E-state index contributed by atoms with van der Waals surface area (Å²) in [6.07, 6.45) is 0.868. The van der Waals surface area contributed by atoms with Crippen molar-refractivity contribution in [3.63, 3.8) is 0 Å². The molecule has 0 radical (unpaired) electrons. The standard InChI is InChI=1S/C22H29N3O3/c1-24(12-5-15-28-21-6-3-2-4-7-21)18-22(26)23-19-8-10-20(11-9-19)25-13-16-27-17-14-25/h2-4,6-11H,5,12-18H2,1H3,(H,23,26). The fraction of sp³-hybridized carbons (Fsp3) is 0.409. The average molecular weight is 383 g/mol. The quantitative estimate of drug-likeness (QED) is 0.675. The second-order valence-corrected chi connectivity index (χ2v) is 6.95. The Hall–Kier alpha value is -2.57. The van der Waals surface area contributed by atoms with Crippen molar-refractivity contribution in [2.75, 3.05) is 63.3 Å². The highest BCUT2D eigenvalue weighted by molar-refractivity contribution is 5.92. The van der Waals surface area contributed by atoms with Crippen LogP contribution < -0.4 is 15.0 Å². The summed E-state index contributed by atoms with van der Waals surface area (Å²) >= 11 is 0. The number of amides is 1. The van der Waals surface area contributed by atoms with Crippen molar-refractivity contribution in [1.29, 1.82) is 0 Å². The van der Waals surface area contributed by atoms with Crippen molar-refractivity contribution < 1.29 is 14.3 Å². The Morgan fingerprint density at radius 1 is 1.11 bits per heavy atom.